The number of likely N-dealkylation sites (N-methyl/N-ethyl adjacent to an activating group) is 1. The first-order valence-corrected chi connectivity index (χ1v) is 22.8. The minimum atomic E-state index is -4.34. The van der Waals surface area contributed by atoms with Crippen LogP contribution in [0.2, 0.25) is 0 Å². The first kappa shape index (κ1) is 50.5. The molecule has 9 nitrogen and oxygen atoms in total. The molecule has 0 aliphatic carbocycles. The SMILES string of the molecule is CCCCC/C=C\C/C=C\CCCCCCCCCCCC(=O)OC(COC(=O)CCCCCCCCCCCCC)COP(=O)(O)OCCNC. The first-order chi connectivity index (χ1) is 25.3. The highest BCUT2D eigenvalue weighted by molar-refractivity contribution is 7.47. The van der Waals surface area contributed by atoms with Gasteiger partial charge in [-0.05, 0) is 52.0 Å². The van der Waals surface area contributed by atoms with E-state index in [-0.39, 0.29) is 25.6 Å². The zero-order chi connectivity index (χ0) is 38.2. The van der Waals surface area contributed by atoms with Crippen molar-refractivity contribution in [1.29, 1.82) is 0 Å². The summed E-state index contributed by atoms with van der Waals surface area (Å²) < 4.78 is 33.1. The van der Waals surface area contributed by atoms with Crippen molar-refractivity contribution in [3.63, 3.8) is 0 Å². The molecule has 306 valence electrons. The molecule has 0 saturated heterocycles. The number of nitrogens with one attached hydrogen (secondary N) is 1. The summed E-state index contributed by atoms with van der Waals surface area (Å²) in [5.41, 5.74) is 0. The third kappa shape index (κ3) is 38.2. The highest BCUT2D eigenvalue weighted by Crippen LogP contribution is 2.43. The Morgan fingerprint density at radius 3 is 1.56 bits per heavy atom. The Hall–Kier alpha value is -1.51. The Balaban J connectivity index is 4.19. The Bertz CT molecular complexity index is 912. The van der Waals surface area contributed by atoms with E-state index in [1.54, 1.807) is 7.05 Å². The summed E-state index contributed by atoms with van der Waals surface area (Å²) in [5, 5.41) is 2.82. The van der Waals surface area contributed by atoms with Gasteiger partial charge in [0.1, 0.15) is 6.61 Å². The standard InChI is InChI=1S/C42H80NO8P/c1-4-6-8-10-12-14-16-17-18-19-20-21-22-23-25-27-29-31-33-35-42(45)51-40(39-50-52(46,47)49-37-36-43-3)38-48-41(44)34-32-30-28-26-24-15-13-11-9-7-5-2/h12,14,17-18,40,43H,4-11,13,15-16,19-39H2,1-3H3,(H,46,47)/b14-12-,18-17-. The van der Waals surface area contributed by atoms with Gasteiger partial charge in [-0.15, -0.1) is 0 Å². The Labute approximate surface area is 319 Å². The van der Waals surface area contributed by atoms with Gasteiger partial charge >= 0.3 is 19.8 Å². The quantitative estimate of drug-likeness (QED) is 0.0272. The van der Waals surface area contributed by atoms with Gasteiger partial charge in [0.15, 0.2) is 6.10 Å². The Kier molecular flexibility index (Phi) is 38.1. The van der Waals surface area contributed by atoms with Crippen LogP contribution in [0.1, 0.15) is 194 Å². The molecule has 0 aromatic rings. The van der Waals surface area contributed by atoms with Crippen LogP contribution in [-0.2, 0) is 32.7 Å². The van der Waals surface area contributed by atoms with Gasteiger partial charge in [-0.1, -0.05) is 160 Å². The van der Waals surface area contributed by atoms with E-state index in [9.17, 15) is 19.0 Å². The average molecular weight is 758 g/mol. The predicted molar refractivity (Wildman–Crippen MR) is 215 cm³/mol. The smallest absolute Gasteiger partial charge is 0.462 e. The highest BCUT2D eigenvalue weighted by atomic mass is 31.2. The van der Waals surface area contributed by atoms with Crippen LogP contribution in [0.3, 0.4) is 0 Å². The molecule has 52 heavy (non-hydrogen) atoms. The van der Waals surface area contributed by atoms with Crippen LogP contribution < -0.4 is 5.32 Å². The molecule has 2 N–H and O–H groups in total. The highest BCUT2D eigenvalue weighted by Gasteiger charge is 2.26. The van der Waals surface area contributed by atoms with Gasteiger partial charge in [0, 0.05) is 19.4 Å². The number of carbonyl (C=O) groups is 2. The number of ether oxygens (including phenoxy) is 2. The summed E-state index contributed by atoms with van der Waals surface area (Å²) in [6.07, 6.45) is 39.3. The summed E-state index contributed by atoms with van der Waals surface area (Å²) in [6, 6.07) is 0. The molecule has 0 spiro atoms. The monoisotopic (exact) mass is 758 g/mol. The zero-order valence-electron chi connectivity index (χ0n) is 33.8. The summed E-state index contributed by atoms with van der Waals surface area (Å²) in [4.78, 5) is 35.0. The molecule has 0 radical (unpaired) electrons. The van der Waals surface area contributed by atoms with Crippen LogP contribution in [0.5, 0.6) is 0 Å². The second-order valence-corrected chi connectivity index (χ2v) is 15.6. The lowest BCUT2D eigenvalue weighted by Gasteiger charge is -2.20. The maximum atomic E-state index is 12.6. The fourth-order valence-corrected chi connectivity index (χ4v) is 6.57. The number of allylic oxidation sites excluding steroid dienone is 4. The molecule has 2 unspecified atom stereocenters. The van der Waals surface area contributed by atoms with Gasteiger partial charge in [0.2, 0.25) is 0 Å². The lowest BCUT2D eigenvalue weighted by atomic mass is 10.1. The lowest BCUT2D eigenvalue weighted by molar-refractivity contribution is -0.161. The molecule has 0 heterocycles. The number of carbonyl (C=O) groups excluding carboxylic acids is 2. The van der Waals surface area contributed by atoms with Crippen LogP contribution in [0.25, 0.3) is 0 Å². The molecule has 0 fully saturated rings. The lowest BCUT2D eigenvalue weighted by Crippen LogP contribution is -2.29. The van der Waals surface area contributed by atoms with Crippen LogP contribution in [0, 0.1) is 0 Å². The van der Waals surface area contributed by atoms with Crippen molar-refractivity contribution >= 4 is 19.8 Å². The molecule has 2 atom stereocenters. The fraction of sp³-hybridized carbons (Fsp3) is 0.857. The summed E-state index contributed by atoms with van der Waals surface area (Å²) in [5.74, 6) is -0.807. The molecular weight excluding hydrogens is 677 g/mol. The van der Waals surface area contributed by atoms with E-state index in [0.717, 1.165) is 44.9 Å². The van der Waals surface area contributed by atoms with E-state index in [1.165, 1.54) is 116 Å². The van der Waals surface area contributed by atoms with Crippen molar-refractivity contribution in [2.45, 2.75) is 200 Å². The molecule has 0 rings (SSSR count). The van der Waals surface area contributed by atoms with Gasteiger partial charge in [-0.3, -0.25) is 18.6 Å². The molecule has 0 saturated carbocycles. The van der Waals surface area contributed by atoms with Crippen molar-refractivity contribution in [3.8, 4) is 0 Å². The number of rotatable bonds is 40. The van der Waals surface area contributed by atoms with Gasteiger partial charge in [0.25, 0.3) is 0 Å². The van der Waals surface area contributed by atoms with Gasteiger partial charge in [-0.2, -0.15) is 0 Å². The topological polar surface area (TPSA) is 120 Å². The van der Waals surface area contributed by atoms with Gasteiger partial charge in [0.05, 0.1) is 13.2 Å². The van der Waals surface area contributed by atoms with E-state index in [1.807, 2.05) is 0 Å². The summed E-state index contributed by atoms with van der Waals surface area (Å²) in [6.45, 7) is 4.20. The van der Waals surface area contributed by atoms with Crippen LogP contribution in [0.15, 0.2) is 24.3 Å². The maximum absolute atomic E-state index is 12.6. The van der Waals surface area contributed by atoms with Crippen LogP contribution in [0.4, 0.5) is 0 Å². The number of phosphoric ester groups is 1. The maximum Gasteiger partial charge on any atom is 0.472 e. The third-order valence-corrected chi connectivity index (χ3v) is 10.1. The Morgan fingerprint density at radius 2 is 1.04 bits per heavy atom. The number of unbranched alkanes of at least 4 members (excludes halogenated alkanes) is 22. The largest absolute Gasteiger partial charge is 0.472 e. The van der Waals surface area contributed by atoms with E-state index in [0.29, 0.717) is 19.4 Å². The number of esters is 2. The van der Waals surface area contributed by atoms with Crippen molar-refractivity contribution in [1.82, 2.24) is 5.32 Å². The first-order valence-electron chi connectivity index (χ1n) is 21.3. The fourth-order valence-electron chi connectivity index (χ4n) is 5.82. The zero-order valence-corrected chi connectivity index (χ0v) is 34.7. The molecule has 0 bridgehead atoms. The number of phosphoric acid groups is 1. The van der Waals surface area contributed by atoms with Crippen molar-refractivity contribution < 1.29 is 37.6 Å². The second-order valence-electron chi connectivity index (χ2n) is 14.2. The van der Waals surface area contributed by atoms with Gasteiger partial charge < -0.3 is 19.7 Å². The van der Waals surface area contributed by atoms with Crippen LogP contribution in [-0.4, -0.2) is 56.3 Å². The van der Waals surface area contributed by atoms with Crippen LogP contribution >= 0.6 is 7.82 Å². The van der Waals surface area contributed by atoms with E-state index < -0.39 is 26.5 Å². The summed E-state index contributed by atoms with van der Waals surface area (Å²) in [7, 11) is -2.64. The van der Waals surface area contributed by atoms with E-state index in [2.05, 4.69) is 43.5 Å². The molecule has 0 aromatic carbocycles. The second kappa shape index (κ2) is 39.2. The van der Waals surface area contributed by atoms with Crippen molar-refractivity contribution in [2.24, 2.45) is 0 Å². The van der Waals surface area contributed by atoms with Crippen molar-refractivity contribution in [3.05, 3.63) is 24.3 Å². The molecule has 0 amide bonds. The molecular formula is C42H80NO8P. The summed E-state index contributed by atoms with van der Waals surface area (Å²) >= 11 is 0. The van der Waals surface area contributed by atoms with E-state index in [4.69, 9.17) is 18.5 Å². The minimum Gasteiger partial charge on any atom is -0.462 e. The molecule has 10 heteroatoms. The molecule has 0 aliphatic rings. The number of hydrogen-bond acceptors (Lipinski definition) is 8. The minimum absolute atomic E-state index is 0.0160. The predicted octanol–water partition coefficient (Wildman–Crippen LogP) is 11.9. The third-order valence-electron chi connectivity index (χ3n) is 9.07. The van der Waals surface area contributed by atoms with Gasteiger partial charge in [-0.25, -0.2) is 4.57 Å². The average Bonchev–Trinajstić information content (AvgIpc) is 3.12. The molecule has 0 aromatic heterocycles. The normalized spacial score (nSPS) is 13.5. The molecule has 0 aliphatic heterocycles. The number of hydrogen-bond donors (Lipinski definition) is 2. The van der Waals surface area contributed by atoms with E-state index >= 15 is 0 Å². The Morgan fingerprint density at radius 1 is 0.596 bits per heavy atom. The van der Waals surface area contributed by atoms with Crippen molar-refractivity contribution in [2.75, 3.05) is 33.4 Å².